The van der Waals surface area contributed by atoms with Crippen molar-refractivity contribution in [2.45, 2.75) is 19.9 Å². The molecule has 1 unspecified atom stereocenters. The molecule has 110 valence electrons. The maximum absolute atomic E-state index is 12.2. The molecule has 0 saturated heterocycles. The lowest BCUT2D eigenvalue weighted by Gasteiger charge is -2.11. The Kier molecular flexibility index (Phi) is 4.28. The summed E-state index contributed by atoms with van der Waals surface area (Å²) in [7, 11) is 0. The van der Waals surface area contributed by atoms with Crippen LogP contribution in [0.3, 0.4) is 0 Å². The molecular weight excluding hydrogens is 296 g/mol. The van der Waals surface area contributed by atoms with Gasteiger partial charge in [0.25, 0.3) is 11.6 Å². The molecule has 1 heterocycles. The van der Waals surface area contributed by atoms with E-state index in [0.717, 1.165) is 11.8 Å². The largest absolute Gasteiger partial charge is 0.464 e. The van der Waals surface area contributed by atoms with Gasteiger partial charge in [-0.1, -0.05) is 11.6 Å². The van der Waals surface area contributed by atoms with Crippen molar-refractivity contribution >= 4 is 23.2 Å². The number of rotatable bonds is 4. The van der Waals surface area contributed by atoms with Gasteiger partial charge in [0, 0.05) is 11.1 Å². The van der Waals surface area contributed by atoms with E-state index in [1.54, 1.807) is 26.0 Å². The Morgan fingerprint density at radius 2 is 2.10 bits per heavy atom. The standard InChI is InChI=1S/C14H13ClN2O4/c1-8-3-6-13(21-8)9(2)16-14(18)11-5-4-10(15)7-12(11)17(19)20/h3-7,9H,1-2H3,(H,16,18). The smallest absolute Gasteiger partial charge is 0.283 e. The zero-order valence-corrected chi connectivity index (χ0v) is 12.2. The summed E-state index contributed by atoms with van der Waals surface area (Å²) >= 11 is 5.72. The third kappa shape index (κ3) is 3.41. The van der Waals surface area contributed by atoms with Crippen LogP contribution in [-0.4, -0.2) is 10.8 Å². The third-order valence-corrected chi connectivity index (χ3v) is 3.17. The van der Waals surface area contributed by atoms with E-state index in [-0.39, 0.29) is 16.3 Å². The highest BCUT2D eigenvalue weighted by Crippen LogP contribution is 2.24. The molecule has 0 saturated carbocycles. The summed E-state index contributed by atoms with van der Waals surface area (Å²) in [5, 5.41) is 13.8. The molecule has 21 heavy (non-hydrogen) atoms. The minimum Gasteiger partial charge on any atom is -0.464 e. The van der Waals surface area contributed by atoms with Crippen LogP contribution in [0.2, 0.25) is 5.02 Å². The summed E-state index contributed by atoms with van der Waals surface area (Å²) < 4.78 is 5.41. The van der Waals surface area contributed by atoms with Gasteiger partial charge >= 0.3 is 0 Å². The average Bonchev–Trinajstić information content (AvgIpc) is 2.85. The predicted octanol–water partition coefficient (Wildman–Crippen LogP) is 3.64. The number of hydrogen-bond donors (Lipinski definition) is 1. The van der Waals surface area contributed by atoms with Crippen LogP contribution < -0.4 is 5.32 Å². The average molecular weight is 309 g/mol. The summed E-state index contributed by atoms with van der Waals surface area (Å²) in [5.41, 5.74) is -0.373. The molecule has 1 amide bonds. The number of halogens is 1. The van der Waals surface area contributed by atoms with Gasteiger partial charge in [-0.25, -0.2) is 0 Å². The molecule has 1 aromatic carbocycles. The first-order chi connectivity index (χ1) is 9.88. The van der Waals surface area contributed by atoms with E-state index in [2.05, 4.69) is 5.32 Å². The SMILES string of the molecule is Cc1ccc(C(C)NC(=O)c2ccc(Cl)cc2[N+](=O)[O-])o1. The second-order valence-corrected chi connectivity index (χ2v) is 5.00. The molecule has 1 atom stereocenters. The lowest BCUT2D eigenvalue weighted by molar-refractivity contribution is -0.385. The van der Waals surface area contributed by atoms with Crippen LogP contribution in [-0.2, 0) is 0 Å². The van der Waals surface area contributed by atoms with Crippen molar-refractivity contribution in [3.05, 3.63) is 62.6 Å². The highest BCUT2D eigenvalue weighted by molar-refractivity contribution is 6.31. The molecule has 1 aromatic heterocycles. The van der Waals surface area contributed by atoms with Gasteiger partial charge in [-0.05, 0) is 38.1 Å². The van der Waals surface area contributed by atoms with Crippen LogP contribution in [0.1, 0.15) is 34.8 Å². The summed E-state index contributed by atoms with van der Waals surface area (Å²) in [4.78, 5) is 22.5. The molecule has 0 radical (unpaired) electrons. The van der Waals surface area contributed by atoms with Gasteiger partial charge in [0.15, 0.2) is 0 Å². The van der Waals surface area contributed by atoms with Gasteiger partial charge in [-0.15, -0.1) is 0 Å². The molecule has 0 aliphatic heterocycles. The van der Waals surface area contributed by atoms with E-state index in [0.29, 0.717) is 5.76 Å². The molecule has 0 spiro atoms. The van der Waals surface area contributed by atoms with Gasteiger partial charge in [-0.3, -0.25) is 14.9 Å². The quantitative estimate of drug-likeness (QED) is 0.690. The van der Waals surface area contributed by atoms with Crippen LogP contribution in [0.25, 0.3) is 0 Å². The van der Waals surface area contributed by atoms with Crippen molar-refractivity contribution < 1.29 is 14.1 Å². The summed E-state index contributed by atoms with van der Waals surface area (Å²) in [6.07, 6.45) is 0. The Morgan fingerprint density at radius 1 is 1.38 bits per heavy atom. The van der Waals surface area contributed by atoms with Gasteiger partial charge in [0.1, 0.15) is 17.1 Å². The van der Waals surface area contributed by atoms with Crippen molar-refractivity contribution in [2.24, 2.45) is 0 Å². The van der Waals surface area contributed by atoms with E-state index in [1.165, 1.54) is 12.1 Å². The molecule has 0 aliphatic carbocycles. The molecule has 0 aliphatic rings. The van der Waals surface area contributed by atoms with Gasteiger partial charge in [0.05, 0.1) is 11.0 Å². The molecule has 2 rings (SSSR count). The second kappa shape index (κ2) is 5.97. The number of carbonyl (C=O) groups is 1. The van der Waals surface area contributed by atoms with E-state index < -0.39 is 16.9 Å². The zero-order valence-electron chi connectivity index (χ0n) is 11.4. The molecule has 0 fully saturated rings. The Morgan fingerprint density at radius 3 is 2.67 bits per heavy atom. The predicted molar refractivity (Wildman–Crippen MR) is 77.4 cm³/mol. The number of hydrogen-bond acceptors (Lipinski definition) is 4. The highest BCUT2D eigenvalue weighted by atomic mass is 35.5. The third-order valence-electron chi connectivity index (χ3n) is 2.94. The first kappa shape index (κ1) is 15.1. The van der Waals surface area contributed by atoms with Gasteiger partial charge in [0.2, 0.25) is 0 Å². The first-order valence-corrected chi connectivity index (χ1v) is 6.57. The number of aryl methyl sites for hydroxylation is 1. The Labute approximate surface area is 125 Å². The van der Waals surface area contributed by atoms with Gasteiger partial charge in [-0.2, -0.15) is 0 Å². The maximum Gasteiger partial charge on any atom is 0.283 e. The normalized spacial score (nSPS) is 12.0. The minimum atomic E-state index is -0.636. The van der Waals surface area contributed by atoms with Crippen LogP contribution in [0.5, 0.6) is 0 Å². The number of nitro benzene ring substituents is 1. The Hall–Kier alpha value is -2.34. The Bertz CT molecular complexity index is 696. The summed E-state index contributed by atoms with van der Waals surface area (Å²) in [5.74, 6) is 0.751. The molecule has 6 nitrogen and oxygen atoms in total. The molecule has 0 bridgehead atoms. The second-order valence-electron chi connectivity index (χ2n) is 4.56. The van der Waals surface area contributed by atoms with Crippen molar-refractivity contribution in [3.8, 4) is 0 Å². The summed E-state index contributed by atoms with van der Waals surface area (Å²) in [6.45, 7) is 3.53. The Balaban J connectivity index is 2.22. The number of benzene rings is 1. The number of nitrogens with one attached hydrogen (secondary N) is 1. The topological polar surface area (TPSA) is 85.4 Å². The fourth-order valence-corrected chi connectivity index (χ4v) is 2.05. The lowest BCUT2D eigenvalue weighted by Crippen LogP contribution is -2.27. The van der Waals surface area contributed by atoms with Crippen molar-refractivity contribution in [2.75, 3.05) is 0 Å². The monoisotopic (exact) mass is 308 g/mol. The van der Waals surface area contributed by atoms with Crippen molar-refractivity contribution in [3.63, 3.8) is 0 Å². The summed E-state index contributed by atoms with van der Waals surface area (Å²) in [6, 6.07) is 7.04. The zero-order chi connectivity index (χ0) is 15.6. The fraction of sp³-hybridized carbons (Fsp3) is 0.214. The van der Waals surface area contributed by atoms with Crippen molar-refractivity contribution in [1.82, 2.24) is 5.32 Å². The minimum absolute atomic E-state index is 0.0421. The van der Waals surface area contributed by atoms with Crippen molar-refractivity contribution in [1.29, 1.82) is 0 Å². The number of furan rings is 1. The van der Waals surface area contributed by atoms with E-state index in [4.69, 9.17) is 16.0 Å². The number of amides is 1. The molecule has 1 N–H and O–H groups in total. The first-order valence-electron chi connectivity index (χ1n) is 6.19. The molecular formula is C14H13ClN2O4. The highest BCUT2D eigenvalue weighted by Gasteiger charge is 2.22. The number of carbonyl (C=O) groups excluding carboxylic acids is 1. The van der Waals surface area contributed by atoms with Crippen LogP contribution in [0, 0.1) is 17.0 Å². The van der Waals surface area contributed by atoms with Crippen LogP contribution in [0.15, 0.2) is 34.7 Å². The van der Waals surface area contributed by atoms with Gasteiger partial charge < -0.3 is 9.73 Å². The van der Waals surface area contributed by atoms with E-state index in [9.17, 15) is 14.9 Å². The fourth-order valence-electron chi connectivity index (χ4n) is 1.88. The van der Waals surface area contributed by atoms with Crippen LogP contribution >= 0.6 is 11.6 Å². The van der Waals surface area contributed by atoms with Crippen LogP contribution in [0.4, 0.5) is 5.69 Å². The molecule has 2 aromatic rings. The van der Waals surface area contributed by atoms with E-state index in [1.807, 2.05) is 0 Å². The number of nitro groups is 1. The lowest BCUT2D eigenvalue weighted by atomic mass is 10.1. The maximum atomic E-state index is 12.2. The van der Waals surface area contributed by atoms with E-state index >= 15 is 0 Å². The number of nitrogens with zero attached hydrogens (tertiary/aromatic N) is 1. The molecule has 7 heteroatoms.